The molecule has 0 saturated heterocycles. The Hall–Kier alpha value is -0.420. The van der Waals surface area contributed by atoms with E-state index in [1.54, 1.807) is 6.92 Å². The second-order valence-electron chi connectivity index (χ2n) is 1.18. The maximum absolute atomic E-state index is 4.65. The Morgan fingerprint density at radius 3 is 2.57 bits per heavy atom. The van der Waals surface area contributed by atoms with Crippen LogP contribution < -0.4 is 4.41 Å². The summed E-state index contributed by atoms with van der Waals surface area (Å²) in [6.45, 7) is 1.78. The van der Waals surface area contributed by atoms with Crippen LogP contribution in [0.3, 0.4) is 0 Å². The van der Waals surface area contributed by atoms with Gasteiger partial charge in [0.05, 0.1) is 0 Å². The van der Waals surface area contributed by atoms with Gasteiger partial charge in [-0.3, -0.25) is 4.41 Å². The van der Waals surface area contributed by atoms with Crippen molar-refractivity contribution in [1.29, 1.82) is 0 Å². The number of hydrogen-bond donors (Lipinski definition) is 1. The number of rotatable bonds is 0. The third kappa shape index (κ3) is 0.779. The Bertz CT molecular complexity index is 128. The van der Waals surface area contributed by atoms with Gasteiger partial charge in [-0.05, 0) is 0 Å². The van der Waals surface area contributed by atoms with E-state index in [-0.39, 0.29) is 0 Å². The minimum Gasteiger partial charge on any atom is -0.454 e. The number of nitrogens with zero attached hydrogens (tertiary/aromatic N) is 3. The van der Waals surface area contributed by atoms with Crippen molar-refractivity contribution in [2.75, 3.05) is 0 Å². The SMILES string of the molecule is CC1=NN=N[NH+]1[S-]. The summed E-state index contributed by atoms with van der Waals surface area (Å²) in [5, 5.41) is 10.3. The molecule has 0 bridgehead atoms. The lowest BCUT2D eigenvalue weighted by atomic mass is 10.7. The molecule has 1 atom stereocenters. The fourth-order valence-electron chi connectivity index (χ4n) is 0.245. The van der Waals surface area contributed by atoms with Gasteiger partial charge in [0.25, 0.3) is 0 Å². The number of amidine groups is 1. The Labute approximate surface area is 46.4 Å². The summed E-state index contributed by atoms with van der Waals surface area (Å²) in [5.74, 6) is 0.731. The molecule has 0 saturated carbocycles. The van der Waals surface area contributed by atoms with E-state index in [0.717, 1.165) is 5.84 Å². The molecule has 0 aromatic rings. The van der Waals surface area contributed by atoms with Crippen molar-refractivity contribution in [2.45, 2.75) is 6.92 Å². The molecule has 1 aliphatic rings. The van der Waals surface area contributed by atoms with E-state index in [2.05, 4.69) is 28.4 Å². The zero-order valence-corrected chi connectivity index (χ0v) is 4.57. The van der Waals surface area contributed by atoms with Crippen molar-refractivity contribution >= 4 is 18.7 Å². The molecular weight excluding hydrogens is 112 g/mol. The summed E-state index contributed by atoms with van der Waals surface area (Å²) in [6.07, 6.45) is 0. The minimum atomic E-state index is 0.500. The van der Waals surface area contributed by atoms with Gasteiger partial charge in [-0.1, -0.05) is 5.10 Å². The van der Waals surface area contributed by atoms with Crippen LogP contribution in [0, 0.1) is 0 Å². The zero-order chi connectivity index (χ0) is 5.28. The number of nitrogens with one attached hydrogen (secondary N) is 1. The number of hydrogen-bond acceptors (Lipinski definition) is 4. The largest absolute Gasteiger partial charge is 0.454 e. The lowest BCUT2D eigenvalue weighted by molar-refractivity contribution is -0.655. The average molecular weight is 116 g/mol. The van der Waals surface area contributed by atoms with Gasteiger partial charge in [0.2, 0.25) is 5.84 Å². The highest BCUT2D eigenvalue weighted by Gasteiger charge is 2.02. The fourth-order valence-corrected chi connectivity index (χ4v) is 0.323. The standard InChI is InChI=1S/C2H4N4S/c1-2-3-4-5-6(2)7/h6H,1H3. The van der Waals surface area contributed by atoms with Gasteiger partial charge >= 0.3 is 0 Å². The van der Waals surface area contributed by atoms with Crippen LogP contribution in [0.2, 0.25) is 0 Å². The molecule has 1 aliphatic heterocycles. The van der Waals surface area contributed by atoms with E-state index in [4.69, 9.17) is 0 Å². The van der Waals surface area contributed by atoms with Gasteiger partial charge in [-0.15, -0.1) is 0 Å². The van der Waals surface area contributed by atoms with E-state index in [1.807, 2.05) is 0 Å². The smallest absolute Gasteiger partial charge is 0.229 e. The topological polar surface area (TPSA) is 41.5 Å². The lowest BCUT2D eigenvalue weighted by Crippen LogP contribution is -3.03. The predicted molar refractivity (Wildman–Crippen MR) is 26.3 cm³/mol. The van der Waals surface area contributed by atoms with Crippen LogP contribution in [0.5, 0.6) is 0 Å². The van der Waals surface area contributed by atoms with Gasteiger partial charge in [-0.2, -0.15) is 0 Å². The molecule has 0 aromatic carbocycles. The second kappa shape index (κ2) is 1.59. The summed E-state index contributed by atoms with van der Waals surface area (Å²) in [7, 11) is 0. The monoisotopic (exact) mass is 116 g/mol. The molecule has 0 radical (unpaired) electrons. The normalized spacial score (nSPS) is 28.3. The first-order valence-electron chi connectivity index (χ1n) is 1.80. The molecule has 0 aromatic heterocycles. The average Bonchev–Trinajstić information content (AvgIpc) is 1.91. The Kier molecular flexibility index (Phi) is 1.07. The Morgan fingerprint density at radius 2 is 2.43 bits per heavy atom. The van der Waals surface area contributed by atoms with Crippen LogP contribution in [0.15, 0.2) is 15.5 Å². The summed E-state index contributed by atoms with van der Waals surface area (Å²) in [4.78, 5) is 0. The molecule has 38 valence electrons. The first kappa shape index (κ1) is 4.73. The molecule has 0 amide bonds. The summed E-state index contributed by atoms with van der Waals surface area (Å²) >= 11 is 4.65. The molecule has 7 heavy (non-hydrogen) atoms. The highest BCUT2D eigenvalue weighted by molar-refractivity contribution is 7.51. The molecule has 0 aliphatic carbocycles. The van der Waals surface area contributed by atoms with Crippen LogP contribution in [0.4, 0.5) is 0 Å². The molecule has 0 fully saturated rings. The van der Waals surface area contributed by atoms with Crippen LogP contribution in [0.25, 0.3) is 0 Å². The lowest BCUT2D eigenvalue weighted by Gasteiger charge is -2.03. The summed E-state index contributed by atoms with van der Waals surface area (Å²) < 4.78 is 0.500. The minimum absolute atomic E-state index is 0.500. The van der Waals surface area contributed by atoms with E-state index < -0.39 is 0 Å². The van der Waals surface area contributed by atoms with Gasteiger partial charge in [0, 0.05) is 17.4 Å². The van der Waals surface area contributed by atoms with Gasteiger partial charge in [0.15, 0.2) is 0 Å². The second-order valence-corrected chi connectivity index (χ2v) is 1.57. The highest BCUT2D eigenvalue weighted by atomic mass is 32.1. The molecule has 5 heteroatoms. The van der Waals surface area contributed by atoms with Crippen molar-refractivity contribution in [3.8, 4) is 0 Å². The maximum atomic E-state index is 4.65. The van der Waals surface area contributed by atoms with Crippen molar-refractivity contribution < 1.29 is 4.41 Å². The Morgan fingerprint density at radius 1 is 1.71 bits per heavy atom. The van der Waals surface area contributed by atoms with Crippen LogP contribution >= 0.6 is 0 Å². The number of quaternary nitrogens is 1. The Balaban J connectivity index is 2.69. The van der Waals surface area contributed by atoms with Crippen LogP contribution in [0.1, 0.15) is 6.92 Å². The van der Waals surface area contributed by atoms with Crippen molar-refractivity contribution in [2.24, 2.45) is 15.5 Å². The molecule has 4 nitrogen and oxygen atoms in total. The molecule has 1 rings (SSSR count). The fraction of sp³-hybridized carbons (Fsp3) is 0.500. The maximum Gasteiger partial charge on any atom is 0.229 e. The predicted octanol–water partition coefficient (Wildman–Crippen LogP) is -0.953. The summed E-state index contributed by atoms with van der Waals surface area (Å²) in [5.41, 5.74) is 0. The van der Waals surface area contributed by atoms with E-state index >= 15 is 0 Å². The third-order valence-electron chi connectivity index (χ3n) is 0.640. The van der Waals surface area contributed by atoms with Crippen LogP contribution in [-0.4, -0.2) is 5.84 Å². The molecule has 1 N–H and O–H groups in total. The van der Waals surface area contributed by atoms with Gasteiger partial charge in [0.1, 0.15) is 0 Å². The van der Waals surface area contributed by atoms with Gasteiger partial charge < -0.3 is 12.8 Å². The molecular formula is C2H4N4S. The van der Waals surface area contributed by atoms with E-state index in [1.165, 1.54) is 0 Å². The van der Waals surface area contributed by atoms with Crippen molar-refractivity contribution in [1.82, 2.24) is 0 Å². The van der Waals surface area contributed by atoms with E-state index in [9.17, 15) is 0 Å². The van der Waals surface area contributed by atoms with E-state index in [0.29, 0.717) is 4.41 Å². The van der Waals surface area contributed by atoms with Crippen molar-refractivity contribution in [3.63, 3.8) is 0 Å². The molecule has 0 spiro atoms. The third-order valence-corrected chi connectivity index (χ3v) is 1.02. The first-order chi connectivity index (χ1) is 3.30. The molecule has 1 unspecified atom stereocenters. The summed E-state index contributed by atoms with van der Waals surface area (Å²) in [6, 6.07) is 0. The highest BCUT2D eigenvalue weighted by Crippen LogP contribution is 1.77. The van der Waals surface area contributed by atoms with Gasteiger partial charge in [-0.25, -0.2) is 0 Å². The quantitative estimate of drug-likeness (QED) is 0.407. The molecule has 1 heterocycles. The van der Waals surface area contributed by atoms with Crippen LogP contribution in [-0.2, 0) is 12.8 Å². The zero-order valence-electron chi connectivity index (χ0n) is 3.75. The van der Waals surface area contributed by atoms with Crippen molar-refractivity contribution in [3.05, 3.63) is 0 Å². The first-order valence-corrected chi connectivity index (χ1v) is 2.21.